The minimum Gasteiger partial charge on any atom is -0.488 e. The minimum atomic E-state index is 0. The molecule has 10 heterocycles. The monoisotopic (exact) mass is 2750 g/mol. The van der Waals surface area contributed by atoms with Gasteiger partial charge < -0.3 is 44.9 Å². The number of para-hydroxylation sites is 3. The van der Waals surface area contributed by atoms with Gasteiger partial charge in [-0.25, -0.2) is 24.9 Å². The van der Waals surface area contributed by atoms with E-state index in [1.165, 1.54) is 38.9 Å². The van der Waals surface area contributed by atoms with Gasteiger partial charge in [0.1, 0.15) is 31.6 Å². The second-order valence-corrected chi connectivity index (χ2v) is 34.0. The van der Waals surface area contributed by atoms with Crippen molar-refractivity contribution in [1.29, 1.82) is 0 Å². The first-order valence-electron chi connectivity index (χ1n) is 44.7. The average molecular weight is 2750 g/mol. The zero-order chi connectivity index (χ0) is 94.1. The number of benzene rings is 13. The summed E-state index contributed by atoms with van der Waals surface area (Å²) in [7, 11) is 0. The summed E-state index contributed by atoms with van der Waals surface area (Å²) in [4.78, 5) is 22.1. The summed E-state index contributed by atoms with van der Waals surface area (Å²) >= 11 is 0. The Bertz CT molecular complexity index is 8180. The molecular formula is C111H93Ir5N20O5-5. The molecule has 141 heavy (non-hydrogen) atoms. The van der Waals surface area contributed by atoms with Crippen molar-refractivity contribution in [3.63, 3.8) is 0 Å². The maximum atomic E-state index is 5.92. The molecule has 0 aliphatic heterocycles. The third kappa shape index (κ3) is 21.0. The fraction of sp³-hybridized carbons (Fsp3) is 0.162. The predicted molar refractivity (Wildman–Crippen MR) is 527 cm³/mol. The molecule has 23 aromatic rings. The molecule has 0 saturated carbocycles. The molecule has 0 aliphatic rings. The number of oxazole rings is 5. The van der Waals surface area contributed by atoms with E-state index in [1.54, 1.807) is 31.6 Å². The molecule has 30 heteroatoms. The second kappa shape index (κ2) is 44.7. The summed E-state index contributed by atoms with van der Waals surface area (Å²) < 4.78 is 39.2. The maximum absolute atomic E-state index is 5.92. The van der Waals surface area contributed by atoms with E-state index in [0.717, 1.165) is 128 Å². The summed E-state index contributed by atoms with van der Waals surface area (Å²) in [6.07, 6.45) is 8.72. The molecule has 13 aromatic carbocycles. The van der Waals surface area contributed by atoms with Gasteiger partial charge >= 0.3 is 0 Å². The Kier molecular flexibility index (Phi) is 32.7. The smallest absolute Gasteiger partial charge is 0.180 e. The summed E-state index contributed by atoms with van der Waals surface area (Å²) in [6.45, 7) is 32.7. The minimum absolute atomic E-state index is 0. The first-order valence-corrected chi connectivity index (χ1v) is 44.7. The molecule has 0 spiro atoms. The molecule has 5 radical (unpaired) electrons. The predicted octanol–water partition coefficient (Wildman–Crippen LogP) is 25.3. The first kappa shape index (κ1) is 103. The van der Waals surface area contributed by atoms with E-state index in [-0.39, 0.29) is 101 Å². The molecule has 0 fully saturated rings. The molecule has 0 N–H and O–H groups in total. The van der Waals surface area contributed by atoms with Crippen LogP contribution in [0.5, 0.6) is 0 Å². The number of nitrogens with zero attached hydrogens (tertiary/aromatic N) is 20. The van der Waals surface area contributed by atoms with E-state index < -0.39 is 0 Å². The maximum Gasteiger partial charge on any atom is 0.180 e. The van der Waals surface area contributed by atoms with Crippen molar-refractivity contribution in [2.75, 3.05) is 0 Å². The van der Waals surface area contributed by atoms with Crippen LogP contribution in [0.15, 0.2) is 284 Å². The fourth-order valence-corrected chi connectivity index (χ4v) is 17.9. The summed E-state index contributed by atoms with van der Waals surface area (Å²) in [5.41, 5.74) is 34.0. The molecule has 23 rings (SSSR count). The van der Waals surface area contributed by atoms with Crippen molar-refractivity contribution in [2.24, 2.45) is 0 Å². The molecule has 25 nitrogen and oxygen atoms in total. The van der Waals surface area contributed by atoms with Crippen LogP contribution in [0.1, 0.15) is 119 Å². The summed E-state index contributed by atoms with van der Waals surface area (Å²) in [6, 6.07) is 93.8. The molecule has 0 unspecified atom stereocenters. The van der Waals surface area contributed by atoms with E-state index in [1.807, 2.05) is 162 Å². The van der Waals surface area contributed by atoms with Crippen molar-refractivity contribution in [3.8, 4) is 119 Å². The van der Waals surface area contributed by atoms with E-state index in [9.17, 15) is 0 Å². The van der Waals surface area contributed by atoms with Gasteiger partial charge in [0.2, 0.25) is 0 Å². The largest absolute Gasteiger partial charge is 0.488 e. The number of aryl methyl sites for hydroxylation is 12. The molecule has 0 atom stereocenters. The van der Waals surface area contributed by atoms with Gasteiger partial charge in [0, 0.05) is 197 Å². The van der Waals surface area contributed by atoms with Crippen molar-refractivity contribution in [1.82, 2.24) is 98.7 Å². The number of hydrogen-bond donors (Lipinski definition) is 0. The van der Waals surface area contributed by atoms with Gasteiger partial charge in [0.15, 0.2) is 29.5 Å². The van der Waals surface area contributed by atoms with Crippen LogP contribution in [0.2, 0.25) is 0 Å². The molecule has 0 saturated heterocycles. The normalized spacial score (nSPS) is 11.0. The van der Waals surface area contributed by atoms with Crippen LogP contribution in [0.4, 0.5) is 0 Å². The van der Waals surface area contributed by atoms with Crippen LogP contribution < -0.4 is 0 Å². The Labute approximate surface area is 882 Å². The van der Waals surface area contributed by atoms with Gasteiger partial charge in [-0.2, -0.15) is 25.5 Å². The van der Waals surface area contributed by atoms with E-state index in [4.69, 9.17) is 22.1 Å². The van der Waals surface area contributed by atoms with Gasteiger partial charge in [-0.05, 0) is 139 Å². The fourth-order valence-electron chi connectivity index (χ4n) is 17.9. The summed E-state index contributed by atoms with van der Waals surface area (Å²) in [5, 5.41) is 42.8. The van der Waals surface area contributed by atoms with Gasteiger partial charge in [0.25, 0.3) is 0 Å². The molecule has 0 amide bonds. The van der Waals surface area contributed by atoms with Crippen molar-refractivity contribution in [2.45, 2.75) is 123 Å². The molecular weight excluding hydrogens is 2650 g/mol. The van der Waals surface area contributed by atoms with Crippen molar-refractivity contribution in [3.05, 3.63) is 372 Å². The number of hydrogen-bond acceptors (Lipinski definition) is 20. The Hall–Kier alpha value is -13.8. The van der Waals surface area contributed by atoms with Crippen LogP contribution in [0.25, 0.3) is 174 Å². The Morgan fingerprint density at radius 2 is 0.489 bits per heavy atom. The molecule has 0 aliphatic carbocycles. The molecule has 0 bridgehead atoms. The Balaban J connectivity index is 0.000000140. The van der Waals surface area contributed by atoms with Crippen LogP contribution in [-0.4, -0.2) is 98.7 Å². The number of rotatable bonds is 15. The van der Waals surface area contributed by atoms with Gasteiger partial charge in [-0.15, -0.1) is 116 Å². The van der Waals surface area contributed by atoms with Crippen LogP contribution >= 0.6 is 0 Å². The SMILES string of the molecule is Cc1cc(C)c(-n2cnnc2-c2[c-]ccc3nc(C)oc23)c(C)c1.Cc1nc2cc[c-]c(-c3nncn3-c3c(-c4ccccc4)cccc3-c3ccccc3)c2o1.Cc1nc2cc[c-]c(-c3nncn3-c3c(C(C)C)cccc3C(C)C)c2o1.Cc1nc2cc[c-]c(-c3nncn3-c3c(C)cc(-c4ccccc4)cc3C)c2o1.Cc1nc2cc[c-]c(-c3nncn3-c3c(C)cccc3C)c2o1.[Ir].[Ir].[Ir].[Ir].[Ir]. The third-order valence-corrected chi connectivity index (χ3v) is 23.6. The van der Waals surface area contributed by atoms with Crippen LogP contribution in [0.3, 0.4) is 0 Å². The van der Waals surface area contributed by atoms with Gasteiger partial charge in [-0.3, -0.25) is 0 Å². The standard InChI is InChI=1S/C28H19N4O.C24H19N4O.C22H23N4O.C19H17N4O.C18H15N4O.5Ir/c1-19-30-25-17-9-16-24(27(25)33-19)28-31-29-18-32(28)26-22(20-10-4-2-5-11-20)14-8-15-23(26)21-12-6-3-7-13-21;1-15-12-19(18-8-5-4-6-9-18)13-16(2)22(15)28-14-25-27-24(28)20-10-7-11-21-23(20)29-17(3)26-21;1-13(2)16-8-6-9-17(14(3)4)20(16)26-12-23-25-22(26)18-10-7-11-19-21(18)27-15(5)24-19;1-11-8-12(2)17(13(3)9-11)23-10-20-22-19(23)15-6-5-7-16-18(15)24-14(4)21-16;1-11-6-4-7-12(2)16(11)22-10-19-21-18(22)14-8-5-9-15-17(14)23-13(3)20-15;;;;;/h2-15,17-18H,1H3;4-9,11-14H,1-3H3;6-9,11-14H,1-5H3;5,7-10H,1-4H3;4-7,9-10H,1-3H3;;;;;/q5*-1;;;;;. The zero-order valence-corrected chi connectivity index (χ0v) is 91.6. The quantitative estimate of drug-likeness (QED) is 0.0862. The van der Waals surface area contributed by atoms with E-state index >= 15 is 0 Å². The van der Waals surface area contributed by atoms with Gasteiger partial charge in [0.05, 0.1) is 62.7 Å². The topological polar surface area (TPSA) is 284 Å². The van der Waals surface area contributed by atoms with Crippen molar-refractivity contribution >= 4 is 55.5 Å². The number of aromatic nitrogens is 20. The van der Waals surface area contributed by atoms with Crippen molar-refractivity contribution < 1.29 is 123 Å². The third-order valence-electron chi connectivity index (χ3n) is 23.6. The first-order chi connectivity index (χ1) is 66.1. The zero-order valence-electron chi connectivity index (χ0n) is 79.6. The number of fused-ring (bicyclic) bond motifs is 5. The van der Waals surface area contributed by atoms with E-state index in [0.29, 0.717) is 98.3 Å². The van der Waals surface area contributed by atoms with Gasteiger partial charge in [-0.1, -0.05) is 219 Å². The van der Waals surface area contributed by atoms with E-state index in [2.05, 4.69) is 308 Å². The Morgan fingerprint density at radius 1 is 0.241 bits per heavy atom. The summed E-state index contributed by atoms with van der Waals surface area (Å²) in [5.74, 6) is 7.30. The van der Waals surface area contributed by atoms with Crippen LogP contribution in [0, 0.1) is 113 Å². The molecule has 717 valence electrons. The second-order valence-electron chi connectivity index (χ2n) is 34.0. The van der Waals surface area contributed by atoms with Crippen LogP contribution in [-0.2, 0) is 101 Å². The Morgan fingerprint density at radius 3 is 0.780 bits per heavy atom. The molecule has 10 aromatic heterocycles. The average Bonchev–Trinajstić information content (AvgIpc) is 1.69.